The van der Waals surface area contributed by atoms with E-state index in [2.05, 4.69) is 29.8 Å². The zero-order chi connectivity index (χ0) is 10.5. The predicted molar refractivity (Wildman–Crippen MR) is 64.5 cm³/mol. The maximum Gasteiger partial charge on any atom is 0.0700 e. The quantitative estimate of drug-likeness (QED) is 0.831. The van der Waals surface area contributed by atoms with Gasteiger partial charge in [0, 0.05) is 24.1 Å². The first kappa shape index (κ1) is 11.1. The molecule has 2 atom stereocenters. The van der Waals surface area contributed by atoms with Crippen molar-refractivity contribution in [2.24, 2.45) is 0 Å². The molecule has 0 saturated carbocycles. The van der Waals surface area contributed by atoms with Gasteiger partial charge in [0.15, 0.2) is 0 Å². The van der Waals surface area contributed by atoms with Crippen molar-refractivity contribution in [3.8, 4) is 0 Å². The minimum atomic E-state index is 0.454. The molecule has 3 heteroatoms. The first-order chi connectivity index (χ1) is 7.34. The number of thiophene rings is 1. The molecular formula is C12H19NOS. The Morgan fingerprint density at radius 3 is 3.27 bits per heavy atom. The number of hydrogen-bond donors (Lipinski definition) is 1. The lowest BCUT2D eigenvalue weighted by Crippen LogP contribution is -2.34. The van der Waals surface area contributed by atoms with E-state index in [0.717, 1.165) is 19.6 Å². The summed E-state index contributed by atoms with van der Waals surface area (Å²) in [6.45, 7) is 4.20. The van der Waals surface area contributed by atoms with Crippen molar-refractivity contribution in [1.29, 1.82) is 0 Å². The number of hydrogen-bond acceptors (Lipinski definition) is 3. The summed E-state index contributed by atoms with van der Waals surface area (Å²) in [6, 6.07) is 4.87. The first-order valence-electron chi connectivity index (χ1n) is 5.72. The van der Waals surface area contributed by atoms with Crippen LogP contribution < -0.4 is 5.32 Å². The highest BCUT2D eigenvalue weighted by atomic mass is 32.1. The van der Waals surface area contributed by atoms with Crippen LogP contribution in [0.2, 0.25) is 0 Å². The lowest BCUT2D eigenvalue weighted by Gasteiger charge is -2.16. The van der Waals surface area contributed by atoms with E-state index in [0.29, 0.717) is 12.1 Å². The van der Waals surface area contributed by atoms with Crippen LogP contribution in [0.4, 0.5) is 0 Å². The van der Waals surface area contributed by atoms with Gasteiger partial charge < -0.3 is 10.1 Å². The zero-order valence-corrected chi connectivity index (χ0v) is 10.1. The first-order valence-corrected chi connectivity index (χ1v) is 6.60. The zero-order valence-electron chi connectivity index (χ0n) is 9.24. The van der Waals surface area contributed by atoms with Crippen molar-refractivity contribution in [3.05, 3.63) is 22.4 Å². The second-order valence-electron chi connectivity index (χ2n) is 4.23. The number of rotatable bonds is 5. The summed E-state index contributed by atoms with van der Waals surface area (Å²) in [7, 11) is 0. The summed E-state index contributed by atoms with van der Waals surface area (Å²) in [5.41, 5.74) is 0. The van der Waals surface area contributed by atoms with E-state index in [4.69, 9.17) is 4.74 Å². The average molecular weight is 225 g/mol. The molecule has 1 saturated heterocycles. The molecule has 2 unspecified atom stereocenters. The molecule has 0 amide bonds. The summed E-state index contributed by atoms with van der Waals surface area (Å²) in [5, 5.41) is 5.69. The number of ether oxygens (including phenoxy) is 1. The molecule has 0 bridgehead atoms. The molecule has 2 nitrogen and oxygen atoms in total. The third kappa shape index (κ3) is 3.59. The van der Waals surface area contributed by atoms with Gasteiger partial charge in [-0.05, 0) is 37.6 Å². The Kier molecular flexibility index (Phi) is 4.18. The van der Waals surface area contributed by atoms with E-state index in [1.54, 1.807) is 0 Å². The Morgan fingerprint density at radius 2 is 2.60 bits per heavy atom. The fourth-order valence-electron chi connectivity index (χ4n) is 1.94. The third-order valence-electron chi connectivity index (χ3n) is 2.81. The van der Waals surface area contributed by atoms with Crippen molar-refractivity contribution in [2.75, 3.05) is 13.2 Å². The Hall–Kier alpha value is -0.380. The van der Waals surface area contributed by atoms with Crippen LogP contribution in [-0.4, -0.2) is 25.3 Å². The van der Waals surface area contributed by atoms with Crippen molar-refractivity contribution in [2.45, 2.75) is 38.3 Å². The van der Waals surface area contributed by atoms with Gasteiger partial charge in [-0.15, -0.1) is 11.3 Å². The van der Waals surface area contributed by atoms with Gasteiger partial charge in [-0.1, -0.05) is 6.07 Å². The topological polar surface area (TPSA) is 21.3 Å². The number of nitrogens with one attached hydrogen (secondary N) is 1. The highest BCUT2D eigenvalue weighted by molar-refractivity contribution is 7.09. The molecule has 1 aliphatic heterocycles. The smallest absolute Gasteiger partial charge is 0.0700 e. The SMILES string of the molecule is CC(Cc1cccs1)NCC1CCCO1. The Bertz CT molecular complexity index is 267. The van der Waals surface area contributed by atoms with Gasteiger partial charge in [0.1, 0.15) is 0 Å². The van der Waals surface area contributed by atoms with Crippen molar-refractivity contribution < 1.29 is 4.74 Å². The molecule has 0 aromatic carbocycles. The Labute approximate surface area is 95.6 Å². The van der Waals surface area contributed by atoms with E-state index < -0.39 is 0 Å². The molecule has 1 aliphatic rings. The van der Waals surface area contributed by atoms with Crippen molar-refractivity contribution in [3.63, 3.8) is 0 Å². The maximum absolute atomic E-state index is 5.58. The van der Waals surface area contributed by atoms with Crippen LogP contribution in [0.3, 0.4) is 0 Å². The molecular weight excluding hydrogens is 206 g/mol. The molecule has 1 fully saturated rings. The monoisotopic (exact) mass is 225 g/mol. The summed E-state index contributed by atoms with van der Waals surface area (Å²) < 4.78 is 5.58. The lowest BCUT2D eigenvalue weighted by atomic mass is 10.2. The van der Waals surface area contributed by atoms with Gasteiger partial charge in [-0.25, -0.2) is 0 Å². The molecule has 2 heterocycles. The Morgan fingerprint density at radius 1 is 1.67 bits per heavy atom. The highest BCUT2D eigenvalue weighted by Crippen LogP contribution is 2.13. The van der Waals surface area contributed by atoms with E-state index in [9.17, 15) is 0 Å². The van der Waals surface area contributed by atoms with Gasteiger partial charge in [0.2, 0.25) is 0 Å². The molecule has 15 heavy (non-hydrogen) atoms. The van der Waals surface area contributed by atoms with Gasteiger partial charge in [0.25, 0.3) is 0 Å². The molecule has 1 aromatic rings. The van der Waals surface area contributed by atoms with Crippen LogP contribution in [0.25, 0.3) is 0 Å². The lowest BCUT2D eigenvalue weighted by molar-refractivity contribution is 0.108. The van der Waals surface area contributed by atoms with Crippen molar-refractivity contribution in [1.82, 2.24) is 5.32 Å². The highest BCUT2D eigenvalue weighted by Gasteiger charge is 2.15. The van der Waals surface area contributed by atoms with E-state index in [1.807, 2.05) is 11.3 Å². The molecule has 0 radical (unpaired) electrons. The third-order valence-corrected chi connectivity index (χ3v) is 3.70. The Balaban J connectivity index is 1.66. The average Bonchev–Trinajstić information content (AvgIpc) is 2.86. The largest absolute Gasteiger partial charge is 0.377 e. The summed E-state index contributed by atoms with van der Waals surface area (Å²) in [6.07, 6.45) is 4.03. The van der Waals surface area contributed by atoms with E-state index >= 15 is 0 Å². The van der Waals surface area contributed by atoms with E-state index in [1.165, 1.54) is 17.7 Å². The molecule has 2 rings (SSSR count). The van der Waals surface area contributed by atoms with Crippen LogP contribution in [-0.2, 0) is 11.2 Å². The fraction of sp³-hybridized carbons (Fsp3) is 0.667. The van der Waals surface area contributed by atoms with Gasteiger partial charge in [-0.2, -0.15) is 0 Å². The summed E-state index contributed by atoms with van der Waals surface area (Å²) >= 11 is 1.84. The van der Waals surface area contributed by atoms with Crippen LogP contribution in [0, 0.1) is 0 Å². The minimum absolute atomic E-state index is 0.454. The summed E-state index contributed by atoms with van der Waals surface area (Å²) in [5.74, 6) is 0. The second-order valence-corrected chi connectivity index (χ2v) is 5.26. The second kappa shape index (κ2) is 5.64. The molecule has 0 aliphatic carbocycles. The van der Waals surface area contributed by atoms with Gasteiger partial charge in [-0.3, -0.25) is 0 Å². The van der Waals surface area contributed by atoms with Crippen LogP contribution >= 0.6 is 11.3 Å². The summed E-state index contributed by atoms with van der Waals surface area (Å²) in [4.78, 5) is 1.46. The molecule has 1 aromatic heterocycles. The van der Waals surface area contributed by atoms with Crippen LogP contribution in [0.15, 0.2) is 17.5 Å². The van der Waals surface area contributed by atoms with E-state index in [-0.39, 0.29) is 0 Å². The van der Waals surface area contributed by atoms with Gasteiger partial charge in [0.05, 0.1) is 6.10 Å². The van der Waals surface area contributed by atoms with Gasteiger partial charge >= 0.3 is 0 Å². The standard InChI is InChI=1S/C12H19NOS/c1-10(8-12-5-3-7-15-12)13-9-11-4-2-6-14-11/h3,5,7,10-11,13H,2,4,6,8-9H2,1H3. The maximum atomic E-state index is 5.58. The molecule has 0 spiro atoms. The van der Waals surface area contributed by atoms with Crippen LogP contribution in [0.5, 0.6) is 0 Å². The fourth-order valence-corrected chi connectivity index (χ4v) is 2.78. The molecule has 1 N–H and O–H groups in total. The van der Waals surface area contributed by atoms with Crippen molar-refractivity contribution >= 4 is 11.3 Å². The minimum Gasteiger partial charge on any atom is -0.377 e. The predicted octanol–water partition coefficient (Wildman–Crippen LogP) is 2.45. The van der Waals surface area contributed by atoms with Crippen LogP contribution in [0.1, 0.15) is 24.6 Å². The normalized spacial score (nSPS) is 23.1. The molecule has 84 valence electrons.